The van der Waals surface area contributed by atoms with Crippen LogP contribution in [0.3, 0.4) is 0 Å². The van der Waals surface area contributed by atoms with Gasteiger partial charge in [0, 0.05) is 6.42 Å². The first-order chi connectivity index (χ1) is 11.2. The van der Waals surface area contributed by atoms with Crippen molar-refractivity contribution in [1.29, 1.82) is 0 Å². The van der Waals surface area contributed by atoms with Gasteiger partial charge in [-0.1, -0.05) is 30.3 Å². The number of nitrogen functional groups attached to an aromatic ring is 1. The summed E-state index contributed by atoms with van der Waals surface area (Å²) in [5, 5.41) is 4.56. The minimum absolute atomic E-state index is 0.301. The number of anilines is 1. The lowest BCUT2D eigenvalue weighted by Gasteiger charge is -2.04. The predicted octanol–water partition coefficient (Wildman–Crippen LogP) is 2.26. The van der Waals surface area contributed by atoms with Crippen LogP contribution in [0.4, 0.5) is 5.82 Å². The summed E-state index contributed by atoms with van der Waals surface area (Å²) in [5.74, 6) is 1.41. The molecule has 23 heavy (non-hydrogen) atoms. The second kappa shape index (κ2) is 5.20. The average molecular weight is 306 g/mol. The first-order valence-electron chi connectivity index (χ1n) is 7.18. The summed E-state index contributed by atoms with van der Waals surface area (Å²) in [6, 6.07) is 10.0. The van der Waals surface area contributed by atoms with E-state index >= 15 is 0 Å². The summed E-state index contributed by atoms with van der Waals surface area (Å²) >= 11 is 0. The van der Waals surface area contributed by atoms with E-state index in [-0.39, 0.29) is 0 Å². The number of aryl methyl sites for hydroxylation is 1. The highest BCUT2D eigenvalue weighted by atomic mass is 16.3. The smallest absolute Gasteiger partial charge is 0.246 e. The molecule has 7 nitrogen and oxygen atoms in total. The van der Waals surface area contributed by atoms with E-state index in [0.29, 0.717) is 35.3 Å². The quantitative estimate of drug-likeness (QED) is 0.624. The van der Waals surface area contributed by atoms with Crippen molar-refractivity contribution in [2.45, 2.75) is 13.3 Å². The third-order valence-electron chi connectivity index (χ3n) is 3.61. The molecule has 0 saturated heterocycles. The number of aromatic nitrogens is 5. The maximum Gasteiger partial charge on any atom is 0.246 e. The van der Waals surface area contributed by atoms with E-state index in [4.69, 9.17) is 10.2 Å². The van der Waals surface area contributed by atoms with Gasteiger partial charge >= 0.3 is 0 Å². The topological polar surface area (TPSA) is 95.1 Å². The number of fused-ring (bicyclic) bond motifs is 1. The Hall–Kier alpha value is -3.22. The van der Waals surface area contributed by atoms with Crippen LogP contribution in [0.15, 0.2) is 47.2 Å². The van der Waals surface area contributed by atoms with Gasteiger partial charge in [0.2, 0.25) is 5.89 Å². The number of oxazole rings is 1. The SMILES string of the molecule is Cc1c(-c2ncco2)nc(N)c2nc(Cc3ccccc3)nn12. The van der Waals surface area contributed by atoms with Crippen LogP contribution in [-0.4, -0.2) is 24.6 Å². The summed E-state index contributed by atoms with van der Waals surface area (Å²) in [6.07, 6.45) is 3.70. The zero-order chi connectivity index (χ0) is 15.8. The van der Waals surface area contributed by atoms with Crippen molar-refractivity contribution in [2.24, 2.45) is 0 Å². The number of hydrogen-bond acceptors (Lipinski definition) is 6. The Morgan fingerprint density at radius 3 is 2.74 bits per heavy atom. The van der Waals surface area contributed by atoms with E-state index < -0.39 is 0 Å². The molecule has 1 aromatic carbocycles. The Balaban J connectivity index is 1.82. The Labute approximate surface area is 131 Å². The fraction of sp³-hybridized carbons (Fsp3) is 0.125. The molecule has 4 aromatic rings. The molecule has 0 aliphatic heterocycles. The van der Waals surface area contributed by atoms with Gasteiger partial charge in [-0.25, -0.2) is 19.5 Å². The van der Waals surface area contributed by atoms with E-state index in [1.54, 1.807) is 10.7 Å². The number of nitrogens with two attached hydrogens (primary N) is 1. The van der Waals surface area contributed by atoms with Crippen molar-refractivity contribution in [3.63, 3.8) is 0 Å². The molecule has 0 saturated carbocycles. The molecule has 3 heterocycles. The van der Waals surface area contributed by atoms with Crippen LogP contribution in [0.2, 0.25) is 0 Å². The molecule has 7 heteroatoms. The zero-order valence-electron chi connectivity index (χ0n) is 12.5. The van der Waals surface area contributed by atoms with Crippen LogP contribution in [0.1, 0.15) is 17.1 Å². The summed E-state index contributed by atoms with van der Waals surface area (Å²) < 4.78 is 7.01. The maximum absolute atomic E-state index is 6.03. The monoisotopic (exact) mass is 306 g/mol. The molecule has 0 fully saturated rings. The van der Waals surface area contributed by atoms with Gasteiger partial charge in [-0.05, 0) is 12.5 Å². The minimum atomic E-state index is 0.301. The molecule has 114 valence electrons. The van der Waals surface area contributed by atoms with Crippen molar-refractivity contribution in [3.8, 4) is 11.6 Å². The van der Waals surface area contributed by atoms with Crippen LogP contribution in [0, 0.1) is 6.92 Å². The summed E-state index contributed by atoms with van der Waals surface area (Å²) in [6.45, 7) is 1.89. The second-order valence-electron chi connectivity index (χ2n) is 5.19. The predicted molar refractivity (Wildman–Crippen MR) is 84.7 cm³/mol. The highest BCUT2D eigenvalue weighted by molar-refractivity contribution is 5.66. The van der Waals surface area contributed by atoms with Gasteiger partial charge in [0.1, 0.15) is 12.0 Å². The van der Waals surface area contributed by atoms with Crippen LogP contribution in [0.25, 0.3) is 17.2 Å². The van der Waals surface area contributed by atoms with E-state index in [9.17, 15) is 0 Å². The first kappa shape index (κ1) is 13.4. The molecular weight excluding hydrogens is 292 g/mol. The van der Waals surface area contributed by atoms with E-state index in [1.165, 1.54) is 6.26 Å². The Bertz CT molecular complexity index is 959. The number of rotatable bonds is 3. The summed E-state index contributed by atoms with van der Waals surface area (Å²) in [5.41, 5.74) is 9.07. The third kappa shape index (κ3) is 2.32. The van der Waals surface area contributed by atoms with Crippen molar-refractivity contribution in [3.05, 3.63) is 59.9 Å². The van der Waals surface area contributed by atoms with Gasteiger partial charge in [-0.3, -0.25) is 0 Å². The molecule has 0 aliphatic carbocycles. The lowest BCUT2D eigenvalue weighted by atomic mass is 10.1. The lowest BCUT2D eigenvalue weighted by Crippen LogP contribution is -2.04. The molecule has 0 unspecified atom stereocenters. The highest BCUT2D eigenvalue weighted by Crippen LogP contribution is 2.23. The minimum Gasteiger partial charge on any atom is -0.443 e. The number of hydrogen-bond donors (Lipinski definition) is 1. The van der Waals surface area contributed by atoms with Gasteiger partial charge < -0.3 is 10.2 Å². The molecule has 0 bridgehead atoms. The lowest BCUT2D eigenvalue weighted by molar-refractivity contribution is 0.570. The molecule has 3 aromatic heterocycles. The second-order valence-corrected chi connectivity index (χ2v) is 5.19. The fourth-order valence-corrected chi connectivity index (χ4v) is 2.50. The van der Waals surface area contributed by atoms with Crippen molar-refractivity contribution in [1.82, 2.24) is 24.6 Å². The first-order valence-corrected chi connectivity index (χ1v) is 7.18. The third-order valence-corrected chi connectivity index (χ3v) is 3.61. The molecule has 0 atom stereocenters. The zero-order valence-corrected chi connectivity index (χ0v) is 12.5. The largest absolute Gasteiger partial charge is 0.443 e. The van der Waals surface area contributed by atoms with Crippen molar-refractivity contribution >= 4 is 11.5 Å². The van der Waals surface area contributed by atoms with Gasteiger partial charge in [-0.2, -0.15) is 5.10 Å². The van der Waals surface area contributed by atoms with Crippen LogP contribution in [-0.2, 0) is 6.42 Å². The molecular formula is C16H14N6O. The highest BCUT2D eigenvalue weighted by Gasteiger charge is 2.17. The molecule has 0 spiro atoms. The molecule has 0 radical (unpaired) electrons. The van der Waals surface area contributed by atoms with E-state index in [1.807, 2.05) is 37.3 Å². The number of benzene rings is 1. The summed E-state index contributed by atoms with van der Waals surface area (Å²) in [7, 11) is 0. The molecule has 2 N–H and O–H groups in total. The van der Waals surface area contributed by atoms with Gasteiger partial charge in [0.25, 0.3) is 0 Å². The fourth-order valence-electron chi connectivity index (χ4n) is 2.50. The van der Waals surface area contributed by atoms with Crippen LogP contribution < -0.4 is 5.73 Å². The Kier molecular flexibility index (Phi) is 3.04. The van der Waals surface area contributed by atoms with Crippen molar-refractivity contribution in [2.75, 3.05) is 5.73 Å². The Morgan fingerprint density at radius 2 is 2.00 bits per heavy atom. The van der Waals surface area contributed by atoms with Crippen LogP contribution >= 0.6 is 0 Å². The standard InChI is InChI=1S/C16H14N6O/c1-10-13(16-18-7-8-23-16)20-14(17)15-19-12(21-22(10)15)9-11-5-3-2-4-6-11/h2-8H,9H2,1H3,(H2,17,20). The van der Waals surface area contributed by atoms with Gasteiger partial charge in [0.05, 0.1) is 11.9 Å². The van der Waals surface area contributed by atoms with Crippen molar-refractivity contribution < 1.29 is 4.42 Å². The average Bonchev–Trinajstić information content (AvgIpc) is 3.21. The van der Waals surface area contributed by atoms with E-state index in [2.05, 4.69) is 20.1 Å². The molecule has 4 rings (SSSR count). The maximum atomic E-state index is 6.03. The molecule has 0 amide bonds. The van der Waals surface area contributed by atoms with Gasteiger partial charge in [-0.15, -0.1) is 0 Å². The summed E-state index contributed by atoms with van der Waals surface area (Å²) in [4.78, 5) is 13.0. The van der Waals surface area contributed by atoms with Crippen LogP contribution in [0.5, 0.6) is 0 Å². The van der Waals surface area contributed by atoms with E-state index in [0.717, 1.165) is 11.3 Å². The Morgan fingerprint density at radius 1 is 1.17 bits per heavy atom. The molecule has 0 aliphatic rings. The number of nitrogens with zero attached hydrogens (tertiary/aromatic N) is 5. The normalized spacial score (nSPS) is 11.2. The van der Waals surface area contributed by atoms with Gasteiger partial charge in [0.15, 0.2) is 17.3 Å².